The number of carbonyl (C=O) groups is 2. The van der Waals surface area contributed by atoms with Crippen molar-refractivity contribution in [3.8, 4) is 0 Å². The lowest BCUT2D eigenvalue weighted by Crippen LogP contribution is -2.40. The summed E-state index contributed by atoms with van der Waals surface area (Å²) in [6, 6.07) is 7.38. The van der Waals surface area contributed by atoms with Gasteiger partial charge < -0.3 is 11.1 Å². The van der Waals surface area contributed by atoms with Crippen LogP contribution in [0.2, 0.25) is 0 Å². The molecule has 154 valence electrons. The number of alkyl halides is 2. The van der Waals surface area contributed by atoms with Crippen molar-refractivity contribution in [2.24, 2.45) is 11.7 Å². The zero-order valence-corrected chi connectivity index (χ0v) is 15.9. The topological polar surface area (TPSA) is 78.7 Å². The van der Waals surface area contributed by atoms with Crippen molar-refractivity contribution >= 4 is 17.5 Å². The SMILES string of the molecule is NC(=O)[C@H]1CCCN1Cc1cccc(NC(=O)C2CCN(CC(F)F)CC2)c1. The lowest BCUT2D eigenvalue weighted by molar-refractivity contribution is -0.122. The molecular weight excluding hydrogens is 366 g/mol. The molecule has 2 aliphatic rings. The molecule has 3 N–H and O–H groups in total. The van der Waals surface area contributed by atoms with E-state index in [4.69, 9.17) is 5.73 Å². The van der Waals surface area contributed by atoms with Gasteiger partial charge in [-0.2, -0.15) is 0 Å². The van der Waals surface area contributed by atoms with Crippen molar-refractivity contribution in [1.82, 2.24) is 9.80 Å². The molecule has 8 heteroatoms. The molecule has 2 saturated heterocycles. The van der Waals surface area contributed by atoms with Crippen molar-refractivity contribution in [2.75, 3.05) is 31.5 Å². The Morgan fingerprint density at radius 1 is 1.18 bits per heavy atom. The Hall–Kier alpha value is -2.06. The summed E-state index contributed by atoms with van der Waals surface area (Å²) in [6.45, 7) is 2.27. The number of hydrogen-bond acceptors (Lipinski definition) is 4. The van der Waals surface area contributed by atoms with Crippen LogP contribution in [0.15, 0.2) is 24.3 Å². The highest BCUT2D eigenvalue weighted by molar-refractivity contribution is 5.92. The smallest absolute Gasteiger partial charge is 0.251 e. The third-order valence-corrected chi connectivity index (χ3v) is 5.63. The van der Waals surface area contributed by atoms with Gasteiger partial charge in [-0.15, -0.1) is 0 Å². The number of nitrogens with two attached hydrogens (primary N) is 1. The molecule has 0 radical (unpaired) electrons. The van der Waals surface area contributed by atoms with Gasteiger partial charge in [0.2, 0.25) is 11.8 Å². The van der Waals surface area contributed by atoms with Crippen LogP contribution in [0.25, 0.3) is 0 Å². The van der Waals surface area contributed by atoms with Gasteiger partial charge in [-0.25, -0.2) is 8.78 Å². The predicted octanol–water partition coefficient (Wildman–Crippen LogP) is 2.05. The fraction of sp³-hybridized carbons (Fsp3) is 0.600. The number of nitrogens with zero attached hydrogens (tertiary/aromatic N) is 2. The van der Waals surface area contributed by atoms with Crippen LogP contribution in [0.1, 0.15) is 31.2 Å². The summed E-state index contributed by atoms with van der Waals surface area (Å²) in [6.07, 6.45) is 0.584. The van der Waals surface area contributed by atoms with Gasteiger partial charge in [0, 0.05) is 18.2 Å². The van der Waals surface area contributed by atoms with Crippen LogP contribution >= 0.6 is 0 Å². The van der Waals surface area contributed by atoms with Gasteiger partial charge >= 0.3 is 0 Å². The number of likely N-dealkylation sites (tertiary alicyclic amines) is 2. The minimum atomic E-state index is -2.34. The second-order valence-corrected chi connectivity index (χ2v) is 7.69. The molecule has 28 heavy (non-hydrogen) atoms. The summed E-state index contributed by atoms with van der Waals surface area (Å²) >= 11 is 0. The first-order chi connectivity index (χ1) is 13.4. The van der Waals surface area contributed by atoms with Crippen LogP contribution in [0.3, 0.4) is 0 Å². The Bertz CT molecular complexity index is 693. The van der Waals surface area contributed by atoms with Crippen molar-refractivity contribution in [3.05, 3.63) is 29.8 Å². The summed E-state index contributed by atoms with van der Waals surface area (Å²) in [5, 5.41) is 2.95. The Balaban J connectivity index is 1.53. The molecule has 0 unspecified atom stereocenters. The Morgan fingerprint density at radius 2 is 1.93 bits per heavy atom. The molecule has 1 atom stereocenters. The standard InChI is InChI=1S/C20H28F2N4O2/c21-18(22)13-25-9-6-15(7-10-25)20(28)24-16-4-1-3-14(11-16)12-26-8-2-5-17(26)19(23)27/h1,3-4,11,15,17-18H,2,5-10,12-13H2,(H2,23,27)(H,24,28)/t17-/m1/s1. The molecule has 2 aliphatic heterocycles. The Kier molecular flexibility index (Phi) is 6.96. The predicted molar refractivity (Wildman–Crippen MR) is 103 cm³/mol. The van der Waals surface area contributed by atoms with Gasteiger partial charge in [0.1, 0.15) is 0 Å². The maximum Gasteiger partial charge on any atom is 0.251 e. The molecule has 0 aromatic heterocycles. The minimum Gasteiger partial charge on any atom is -0.368 e. The fourth-order valence-electron chi connectivity index (χ4n) is 4.14. The maximum absolute atomic E-state index is 12.5. The first kappa shape index (κ1) is 20.7. The van der Waals surface area contributed by atoms with E-state index in [1.807, 2.05) is 24.3 Å². The quantitative estimate of drug-likeness (QED) is 0.742. The number of hydrogen-bond donors (Lipinski definition) is 2. The zero-order valence-electron chi connectivity index (χ0n) is 15.9. The van der Waals surface area contributed by atoms with E-state index in [0.29, 0.717) is 38.2 Å². The van der Waals surface area contributed by atoms with E-state index in [1.165, 1.54) is 0 Å². The molecule has 1 aromatic carbocycles. The highest BCUT2D eigenvalue weighted by atomic mass is 19.3. The van der Waals surface area contributed by atoms with Crippen LogP contribution in [0, 0.1) is 5.92 Å². The van der Waals surface area contributed by atoms with Crippen LogP contribution in [0.5, 0.6) is 0 Å². The summed E-state index contributed by atoms with van der Waals surface area (Å²) < 4.78 is 24.9. The maximum atomic E-state index is 12.5. The van der Waals surface area contributed by atoms with Crippen molar-refractivity contribution < 1.29 is 18.4 Å². The molecule has 0 aliphatic carbocycles. The van der Waals surface area contributed by atoms with E-state index in [2.05, 4.69) is 10.2 Å². The Labute approximate surface area is 164 Å². The monoisotopic (exact) mass is 394 g/mol. The minimum absolute atomic E-state index is 0.0648. The second kappa shape index (κ2) is 9.43. The summed E-state index contributed by atoms with van der Waals surface area (Å²) in [5.74, 6) is -0.513. The van der Waals surface area contributed by atoms with E-state index in [1.54, 1.807) is 4.90 Å². The molecule has 2 fully saturated rings. The number of piperidine rings is 1. The highest BCUT2D eigenvalue weighted by Crippen LogP contribution is 2.23. The number of nitrogens with one attached hydrogen (secondary N) is 1. The zero-order chi connectivity index (χ0) is 20.1. The van der Waals surface area contributed by atoms with Crippen LogP contribution in [-0.4, -0.2) is 60.3 Å². The van der Waals surface area contributed by atoms with Crippen LogP contribution < -0.4 is 11.1 Å². The number of carbonyl (C=O) groups excluding carboxylic acids is 2. The van der Waals surface area contributed by atoms with E-state index in [9.17, 15) is 18.4 Å². The molecule has 2 heterocycles. The summed E-state index contributed by atoms with van der Waals surface area (Å²) in [5.41, 5.74) is 7.20. The second-order valence-electron chi connectivity index (χ2n) is 7.69. The van der Waals surface area contributed by atoms with Gasteiger partial charge in [0.25, 0.3) is 6.43 Å². The number of rotatable bonds is 7. The molecule has 6 nitrogen and oxygen atoms in total. The van der Waals surface area contributed by atoms with Gasteiger partial charge in [-0.1, -0.05) is 12.1 Å². The average molecular weight is 394 g/mol. The molecule has 3 rings (SSSR count). The lowest BCUT2D eigenvalue weighted by atomic mass is 9.96. The largest absolute Gasteiger partial charge is 0.368 e. The van der Waals surface area contributed by atoms with Crippen molar-refractivity contribution in [1.29, 1.82) is 0 Å². The number of benzene rings is 1. The van der Waals surface area contributed by atoms with Gasteiger partial charge in [-0.3, -0.25) is 19.4 Å². The number of anilines is 1. The number of primary amides is 1. The summed E-state index contributed by atoms with van der Waals surface area (Å²) in [7, 11) is 0. The number of halogens is 2. The average Bonchev–Trinajstić information content (AvgIpc) is 3.10. The highest BCUT2D eigenvalue weighted by Gasteiger charge is 2.29. The molecular formula is C20H28F2N4O2. The summed E-state index contributed by atoms with van der Waals surface area (Å²) in [4.78, 5) is 27.9. The van der Waals surface area contributed by atoms with E-state index >= 15 is 0 Å². The van der Waals surface area contributed by atoms with E-state index in [0.717, 1.165) is 24.9 Å². The van der Waals surface area contributed by atoms with E-state index < -0.39 is 6.43 Å². The molecule has 0 saturated carbocycles. The molecule has 2 amide bonds. The van der Waals surface area contributed by atoms with Gasteiger partial charge in [-0.05, 0) is 63.0 Å². The van der Waals surface area contributed by atoms with Crippen LogP contribution in [-0.2, 0) is 16.1 Å². The van der Waals surface area contributed by atoms with Gasteiger partial charge in [0.15, 0.2) is 0 Å². The number of amides is 2. The third-order valence-electron chi connectivity index (χ3n) is 5.63. The molecule has 0 bridgehead atoms. The first-order valence-corrected chi connectivity index (χ1v) is 9.86. The van der Waals surface area contributed by atoms with Gasteiger partial charge in [0.05, 0.1) is 12.6 Å². The van der Waals surface area contributed by atoms with Crippen molar-refractivity contribution in [2.45, 2.75) is 44.7 Å². The van der Waals surface area contributed by atoms with Crippen molar-refractivity contribution in [3.63, 3.8) is 0 Å². The van der Waals surface area contributed by atoms with E-state index in [-0.39, 0.29) is 30.3 Å². The lowest BCUT2D eigenvalue weighted by Gasteiger charge is -2.30. The normalized spacial score (nSPS) is 21.9. The third kappa shape index (κ3) is 5.48. The fourth-order valence-corrected chi connectivity index (χ4v) is 4.14. The first-order valence-electron chi connectivity index (χ1n) is 9.86. The van der Waals surface area contributed by atoms with Crippen LogP contribution in [0.4, 0.5) is 14.5 Å². The molecule has 1 aromatic rings. The molecule has 0 spiro atoms. The Morgan fingerprint density at radius 3 is 2.61 bits per heavy atom.